The fourth-order valence-electron chi connectivity index (χ4n) is 5.63. The van der Waals surface area contributed by atoms with Gasteiger partial charge in [-0.05, 0) is 50.3 Å². The summed E-state index contributed by atoms with van der Waals surface area (Å²) in [5, 5.41) is 0. The summed E-state index contributed by atoms with van der Waals surface area (Å²) < 4.78 is 12.3. The molecule has 2 aromatic carbocycles. The summed E-state index contributed by atoms with van der Waals surface area (Å²) in [5.74, 6) is 0.721. The molecule has 2 aromatic rings. The molecule has 0 bridgehead atoms. The third kappa shape index (κ3) is 17.3. The first-order valence-electron chi connectivity index (χ1n) is 16.6. The van der Waals surface area contributed by atoms with Gasteiger partial charge in [-0.15, -0.1) is 0 Å². The van der Waals surface area contributed by atoms with E-state index in [0.29, 0.717) is 13.2 Å². The smallest absolute Gasteiger partial charge is 0.314 e. The molecule has 0 aliphatic carbocycles. The Morgan fingerprint density at radius 2 is 1.29 bits per heavy atom. The number of ether oxygens (including phenoxy) is 2. The molecule has 0 aliphatic heterocycles. The molecule has 0 amide bonds. The van der Waals surface area contributed by atoms with E-state index in [1.165, 1.54) is 88.2 Å². The Balaban J connectivity index is 1.49. The number of carbonyl (C=O) groups is 1. The normalized spacial score (nSPS) is 12.3. The number of aryl methyl sites for hydroxylation is 1. The Kier molecular flexibility index (Phi) is 18.2. The van der Waals surface area contributed by atoms with Gasteiger partial charge < -0.3 is 14.0 Å². The largest absolute Gasteiger partial charge is 0.494 e. The molecule has 41 heavy (non-hydrogen) atoms. The number of carbonyl (C=O) groups excluding carboxylic acids is 1. The van der Waals surface area contributed by atoms with Gasteiger partial charge in [-0.25, -0.2) is 0 Å². The Hall–Kier alpha value is -2.33. The van der Waals surface area contributed by atoms with Crippen LogP contribution in [0.4, 0.5) is 0 Å². The minimum Gasteiger partial charge on any atom is -0.494 e. The summed E-state index contributed by atoms with van der Waals surface area (Å²) in [6.45, 7) is 7.02. The van der Waals surface area contributed by atoms with Gasteiger partial charge >= 0.3 is 5.97 Å². The summed E-state index contributed by atoms with van der Waals surface area (Å²) in [6.07, 6.45) is 19.4. The highest BCUT2D eigenvalue weighted by Gasteiger charge is 2.25. The van der Waals surface area contributed by atoms with E-state index in [4.69, 9.17) is 9.47 Å². The highest BCUT2D eigenvalue weighted by molar-refractivity contribution is 5.72. The van der Waals surface area contributed by atoms with Crippen LogP contribution in [0.1, 0.15) is 115 Å². The predicted octanol–water partition coefficient (Wildman–Crippen LogP) is 9.55. The maximum absolute atomic E-state index is 12.5. The Bertz CT molecular complexity index is 927. The van der Waals surface area contributed by atoms with Crippen LogP contribution >= 0.6 is 0 Å². The average Bonchev–Trinajstić information content (AvgIpc) is 2.95. The van der Waals surface area contributed by atoms with E-state index in [9.17, 15) is 4.79 Å². The maximum atomic E-state index is 12.5. The first-order chi connectivity index (χ1) is 19.9. The lowest BCUT2D eigenvalue weighted by molar-refractivity contribution is -0.905. The lowest BCUT2D eigenvalue weighted by Crippen LogP contribution is -2.44. The van der Waals surface area contributed by atoms with Crippen molar-refractivity contribution in [1.82, 2.24) is 0 Å². The molecule has 4 heteroatoms. The number of nitrogens with zero attached hydrogens (tertiary/aromatic N) is 1. The van der Waals surface area contributed by atoms with Crippen molar-refractivity contribution in [3.63, 3.8) is 0 Å². The number of quaternary nitrogens is 1. The molecule has 0 N–H and O–H groups in total. The second-order valence-corrected chi connectivity index (χ2v) is 12.7. The van der Waals surface area contributed by atoms with Gasteiger partial charge in [-0.3, -0.25) is 4.79 Å². The van der Waals surface area contributed by atoms with E-state index in [1.54, 1.807) is 0 Å². The van der Waals surface area contributed by atoms with E-state index in [2.05, 4.69) is 63.5 Å². The first kappa shape index (κ1) is 34.9. The van der Waals surface area contributed by atoms with Gasteiger partial charge in [0.05, 0.1) is 33.9 Å². The molecular formula is C37H60NO3+. The number of unbranched alkanes of at least 4 members (excludes halogenated alkanes) is 12. The van der Waals surface area contributed by atoms with Gasteiger partial charge in [0.2, 0.25) is 0 Å². The van der Waals surface area contributed by atoms with Crippen molar-refractivity contribution in [2.45, 2.75) is 117 Å². The lowest BCUT2D eigenvalue weighted by atomic mass is 10.0. The summed E-state index contributed by atoms with van der Waals surface area (Å²) in [4.78, 5) is 12.5. The number of rotatable bonds is 24. The summed E-state index contributed by atoms with van der Waals surface area (Å²) in [6, 6.07) is 19.0. The van der Waals surface area contributed by atoms with Crippen molar-refractivity contribution < 1.29 is 18.8 Å². The molecule has 2 rings (SSSR count). The average molecular weight is 567 g/mol. The molecule has 0 fully saturated rings. The van der Waals surface area contributed by atoms with Crippen LogP contribution < -0.4 is 4.74 Å². The van der Waals surface area contributed by atoms with Gasteiger partial charge in [0.25, 0.3) is 0 Å². The molecule has 0 aromatic heterocycles. The van der Waals surface area contributed by atoms with Crippen molar-refractivity contribution in [3.05, 3.63) is 65.7 Å². The minimum absolute atomic E-state index is 0.101. The molecule has 0 heterocycles. The van der Waals surface area contributed by atoms with E-state index >= 15 is 0 Å². The van der Waals surface area contributed by atoms with Gasteiger partial charge in [0.1, 0.15) is 18.2 Å². The third-order valence-electron chi connectivity index (χ3n) is 7.89. The second-order valence-electron chi connectivity index (χ2n) is 12.7. The summed E-state index contributed by atoms with van der Waals surface area (Å²) in [7, 11) is 4.34. The Morgan fingerprint density at radius 3 is 1.95 bits per heavy atom. The van der Waals surface area contributed by atoms with Gasteiger partial charge in [-0.2, -0.15) is 0 Å². The van der Waals surface area contributed by atoms with Crippen LogP contribution in [0.3, 0.4) is 0 Å². The molecule has 1 atom stereocenters. The molecular weight excluding hydrogens is 506 g/mol. The quantitative estimate of drug-likeness (QED) is 0.0721. The highest BCUT2D eigenvalue weighted by Crippen LogP contribution is 2.18. The van der Waals surface area contributed by atoms with Crippen LogP contribution in [0.2, 0.25) is 0 Å². The van der Waals surface area contributed by atoms with E-state index < -0.39 is 0 Å². The third-order valence-corrected chi connectivity index (χ3v) is 7.89. The van der Waals surface area contributed by atoms with E-state index in [0.717, 1.165) is 42.6 Å². The zero-order valence-corrected chi connectivity index (χ0v) is 26.9. The van der Waals surface area contributed by atoms with Gasteiger partial charge in [0, 0.05) is 5.56 Å². The lowest BCUT2D eigenvalue weighted by Gasteiger charge is -2.31. The predicted molar refractivity (Wildman–Crippen MR) is 173 cm³/mol. The number of benzene rings is 2. The zero-order chi connectivity index (χ0) is 29.6. The van der Waals surface area contributed by atoms with Crippen LogP contribution in [0, 0.1) is 5.92 Å². The molecule has 0 saturated heterocycles. The number of hydrogen-bond acceptors (Lipinski definition) is 3. The Labute approximate surface area is 252 Å². The monoisotopic (exact) mass is 566 g/mol. The van der Waals surface area contributed by atoms with Crippen LogP contribution in [0.15, 0.2) is 54.6 Å². The molecule has 0 aliphatic rings. The van der Waals surface area contributed by atoms with Crippen LogP contribution in [0.5, 0.6) is 5.75 Å². The molecule has 0 saturated carbocycles. The topological polar surface area (TPSA) is 35.5 Å². The minimum atomic E-state index is -0.127. The number of hydrogen-bond donors (Lipinski definition) is 0. The molecule has 0 spiro atoms. The summed E-state index contributed by atoms with van der Waals surface area (Å²) in [5.41, 5.74) is 2.65. The molecule has 230 valence electrons. The van der Waals surface area contributed by atoms with E-state index in [1.807, 2.05) is 19.1 Å². The van der Waals surface area contributed by atoms with Crippen molar-refractivity contribution in [2.24, 2.45) is 5.92 Å². The second kappa shape index (κ2) is 21.4. The molecule has 4 nitrogen and oxygen atoms in total. The van der Waals surface area contributed by atoms with Crippen molar-refractivity contribution >= 4 is 5.97 Å². The molecule has 1 unspecified atom stereocenters. The summed E-state index contributed by atoms with van der Waals surface area (Å²) >= 11 is 0. The highest BCUT2D eigenvalue weighted by atomic mass is 16.5. The SMILES string of the molecule is CCCCCCCCCCCCCCc1cccc(OCCCCOC(=O)C(C)C[N+](C)(C)Cc2ccccc2)c1. The fourth-order valence-corrected chi connectivity index (χ4v) is 5.63. The van der Waals surface area contributed by atoms with Crippen molar-refractivity contribution in [1.29, 1.82) is 0 Å². The van der Waals surface area contributed by atoms with Crippen molar-refractivity contribution in [3.8, 4) is 5.75 Å². The van der Waals surface area contributed by atoms with Gasteiger partial charge in [-0.1, -0.05) is 120 Å². The van der Waals surface area contributed by atoms with Crippen LogP contribution in [-0.4, -0.2) is 44.3 Å². The molecule has 0 radical (unpaired) electrons. The van der Waals surface area contributed by atoms with Crippen molar-refractivity contribution in [2.75, 3.05) is 33.9 Å². The first-order valence-corrected chi connectivity index (χ1v) is 16.6. The van der Waals surface area contributed by atoms with E-state index in [-0.39, 0.29) is 11.9 Å². The standard InChI is InChI=1S/C37H60NO3/c1-5-6-7-8-9-10-11-12-13-14-15-17-23-34-26-22-27-36(30-34)40-28-20-21-29-41-37(39)33(2)31-38(3,4)32-35-24-18-16-19-25-35/h16,18-19,22,24-27,30,33H,5-15,17,20-21,23,28-29,31-32H2,1-4H3/q+1. The van der Waals surface area contributed by atoms with Gasteiger partial charge in [0.15, 0.2) is 0 Å². The maximum Gasteiger partial charge on any atom is 0.314 e. The number of esters is 1. The van der Waals surface area contributed by atoms with Crippen LogP contribution in [-0.2, 0) is 22.5 Å². The zero-order valence-electron chi connectivity index (χ0n) is 26.9. The Morgan fingerprint density at radius 1 is 0.707 bits per heavy atom. The fraction of sp³-hybridized carbons (Fsp3) is 0.649. The van der Waals surface area contributed by atoms with Crippen LogP contribution in [0.25, 0.3) is 0 Å².